The van der Waals surface area contributed by atoms with Crippen molar-refractivity contribution in [2.45, 2.75) is 55.4 Å². The molecule has 11 N–H and O–H groups in total. The molecule has 0 aromatic rings. The second-order valence-corrected chi connectivity index (χ2v) is 8.57. The van der Waals surface area contributed by atoms with Gasteiger partial charge in [0.05, 0.1) is 31.6 Å². The molecule has 0 aliphatic rings. The number of carboxylic acids is 2. The number of hydrogen-bond acceptors (Lipinski definition) is 12. The van der Waals surface area contributed by atoms with Gasteiger partial charge in [-0.05, 0) is 13.3 Å². The van der Waals surface area contributed by atoms with Crippen LogP contribution in [-0.4, -0.2) is 140 Å². The van der Waals surface area contributed by atoms with E-state index in [0.717, 1.165) is 11.8 Å². The van der Waals surface area contributed by atoms with Crippen LogP contribution in [0.4, 0.5) is 0 Å². The molecule has 0 aromatic heterocycles. The number of carboxylic acid groups (broad SMARTS) is 2. The van der Waals surface area contributed by atoms with Crippen LogP contribution in [-0.2, 0) is 24.0 Å². The van der Waals surface area contributed by atoms with Gasteiger partial charge in [-0.3, -0.25) is 19.2 Å². The Kier molecular flexibility index (Phi) is 15.8. The third kappa shape index (κ3) is 11.9. The molecule has 17 heteroatoms. The highest BCUT2D eigenvalue weighted by Crippen LogP contribution is 2.06. The Morgan fingerprint density at radius 3 is 1.81 bits per heavy atom. The summed E-state index contributed by atoms with van der Waals surface area (Å²) in [7, 11) is 1.29. The lowest BCUT2D eigenvalue weighted by atomic mass is 10.0. The fourth-order valence-corrected chi connectivity index (χ4v) is 3.31. The molecular weight excluding hydrogens is 508 g/mol. The first-order valence-electron chi connectivity index (χ1n) is 10.6. The van der Waals surface area contributed by atoms with Crippen LogP contribution in [0.25, 0.3) is 0 Å². The van der Waals surface area contributed by atoms with Crippen molar-refractivity contribution in [1.82, 2.24) is 21.3 Å². The van der Waals surface area contributed by atoms with Crippen molar-refractivity contribution in [2.24, 2.45) is 0 Å². The maximum Gasteiger partial charge on any atom is 0.327 e. The predicted octanol–water partition coefficient (Wildman–Crippen LogP) is -5.59. The SMILES string of the molecule is CN[C@@H](CC(=O)O)C(=O)N[C@@H](CC(=O)NC[C@H](O)[C@@H](O)[C@H](O)[C@H](O)CO)C(=O)N[C@@H](CSC)C(=O)O. The molecular formula is C19H34N4O12S. The topological polar surface area (TPSA) is 275 Å². The van der Waals surface area contributed by atoms with Gasteiger partial charge in [0.2, 0.25) is 17.7 Å². The van der Waals surface area contributed by atoms with E-state index in [0.29, 0.717) is 0 Å². The van der Waals surface area contributed by atoms with E-state index in [9.17, 15) is 49.5 Å². The quantitative estimate of drug-likeness (QED) is 0.0770. The van der Waals surface area contributed by atoms with Crippen molar-refractivity contribution in [3.63, 3.8) is 0 Å². The highest BCUT2D eigenvalue weighted by atomic mass is 32.2. The van der Waals surface area contributed by atoms with Crippen LogP contribution in [0.5, 0.6) is 0 Å². The Morgan fingerprint density at radius 1 is 0.806 bits per heavy atom. The first kappa shape index (κ1) is 33.5. The summed E-state index contributed by atoms with van der Waals surface area (Å²) in [6, 6.07) is -4.28. The van der Waals surface area contributed by atoms with Crippen molar-refractivity contribution in [1.29, 1.82) is 0 Å². The summed E-state index contributed by atoms with van der Waals surface area (Å²) in [5.74, 6) is -5.68. The number of aliphatic hydroxyl groups excluding tert-OH is 5. The smallest absolute Gasteiger partial charge is 0.327 e. The fraction of sp³-hybridized carbons (Fsp3) is 0.737. The number of hydrogen-bond donors (Lipinski definition) is 11. The molecule has 16 nitrogen and oxygen atoms in total. The van der Waals surface area contributed by atoms with E-state index in [1.165, 1.54) is 7.05 Å². The molecule has 0 bridgehead atoms. The number of rotatable bonds is 18. The summed E-state index contributed by atoms with van der Waals surface area (Å²) in [6.07, 6.45) is -7.28. The van der Waals surface area contributed by atoms with Gasteiger partial charge in [-0.1, -0.05) is 0 Å². The molecule has 0 saturated carbocycles. The van der Waals surface area contributed by atoms with Crippen molar-refractivity contribution in [3.8, 4) is 0 Å². The van der Waals surface area contributed by atoms with Crippen LogP contribution in [0.2, 0.25) is 0 Å². The zero-order chi connectivity index (χ0) is 28.0. The lowest BCUT2D eigenvalue weighted by Crippen LogP contribution is -2.57. The highest BCUT2D eigenvalue weighted by Gasteiger charge is 2.32. The van der Waals surface area contributed by atoms with E-state index in [4.69, 9.17) is 10.2 Å². The average Bonchev–Trinajstić information content (AvgIpc) is 2.82. The fourth-order valence-electron chi connectivity index (χ4n) is 2.76. The Labute approximate surface area is 210 Å². The third-order valence-electron chi connectivity index (χ3n) is 4.85. The molecule has 0 rings (SSSR count). The summed E-state index contributed by atoms with van der Waals surface area (Å²) >= 11 is 1.11. The summed E-state index contributed by atoms with van der Waals surface area (Å²) in [5.41, 5.74) is 0. The minimum absolute atomic E-state index is 0.0296. The normalized spacial score (nSPS) is 17.0. The molecule has 7 atom stereocenters. The van der Waals surface area contributed by atoms with Crippen LogP contribution in [0.15, 0.2) is 0 Å². The van der Waals surface area contributed by atoms with Gasteiger partial charge in [-0.2, -0.15) is 11.8 Å². The molecule has 0 aromatic carbocycles. The maximum atomic E-state index is 12.7. The molecule has 208 valence electrons. The van der Waals surface area contributed by atoms with Gasteiger partial charge in [0.25, 0.3) is 0 Å². The molecule has 3 amide bonds. The lowest BCUT2D eigenvalue weighted by Gasteiger charge is -2.26. The lowest BCUT2D eigenvalue weighted by molar-refractivity contribution is -0.142. The zero-order valence-corrected chi connectivity index (χ0v) is 20.5. The molecule has 0 aliphatic carbocycles. The number of carbonyl (C=O) groups is 5. The van der Waals surface area contributed by atoms with Crippen molar-refractivity contribution in [2.75, 3.05) is 32.2 Å². The largest absolute Gasteiger partial charge is 0.481 e. The first-order valence-corrected chi connectivity index (χ1v) is 12.0. The Morgan fingerprint density at radius 2 is 1.33 bits per heavy atom. The van der Waals surface area contributed by atoms with Crippen molar-refractivity contribution < 1.29 is 59.7 Å². The molecule has 0 radical (unpaired) electrons. The van der Waals surface area contributed by atoms with Gasteiger partial charge < -0.3 is 57.0 Å². The van der Waals surface area contributed by atoms with Gasteiger partial charge in [0.1, 0.15) is 30.4 Å². The van der Waals surface area contributed by atoms with Gasteiger partial charge in [0.15, 0.2) is 0 Å². The van der Waals surface area contributed by atoms with E-state index in [1.807, 2.05) is 0 Å². The monoisotopic (exact) mass is 542 g/mol. The first-order chi connectivity index (χ1) is 16.8. The van der Waals surface area contributed by atoms with E-state index in [1.54, 1.807) is 6.26 Å². The second kappa shape index (κ2) is 17.0. The van der Waals surface area contributed by atoms with Crippen molar-refractivity contribution in [3.05, 3.63) is 0 Å². The molecule has 0 fully saturated rings. The van der Waals surface area contributed by atoms with E-state index in [2.05, 4.69) is 21.3 Å². The van der Waals surface area contributed by atoms with Crippen molar-refractivity contribution >= 4 is 41.4 Å². The Bertz CT molecular complexity index is 758. The zero-order valence-electron chi connectivity index (χ0n) is 19.7. The van der Waals surface area contributed by atoms with Crippen LogP contribution >= 0.6 is 11.8 Å². The summed E-state index contributed by atoms with van der Waals surface area (Å²) in [4.78, 5) is 59.8. The number of nitrogens with one attached hydrogen (secondary N) is 4. The minimum Gasteiger partial charge on any atom is -0.481 e. The third-order valence-corrected chi connectivity index (χ3v) is 5.51. The molecule has 0 heterocycles. The maximum absolute atomic E-state index is 12.7. The van der Waals surface area contributed by atoms with Crippen LogP contribution < -0.4 is 21.3 Å². The number of likely N-dealkylation sites (N-methyl/N-ethyl adjacent to an activating group) is 1. The number of aliphatic hydroxyl groups is 5. The van der Waals surface area contributed by atoms with Gasteiger partial charge in [-0.15, -0.1) is 0 Å². The van der Waals surface area contributed by atoms with E-state index < -0.39 is 98.2 Å². The molecule has 0 saturated heterocycles. The molecule has 0 spiro atoms. The number of amides is 3. The Hall–Kier alpha value is -2.54. The summed E-state index contributed by atoms with van der Waals surface area (Å²) in [6.45, 7) is -1.57. The van der Waals surface area contributed by atoms with E-state index >= 15 is 0 Å². The molecule has 0 unspecified atom stereocenters. The standard InChI is InChI=1S/C19H34N4O12S/c1-20-8(4-14(28)29)17(32)22-9(18(33)23-10(7-36-2)19(34)35)3-13(27)21-5-11(25)15(30)16(31)12(26)6-24/h8-12,15-16,20,24-26,30-31H,3-7H2,1-2H3,(H,21,27)(H,22,32)(H,23,33)(H,28,29)(H,34,35)/t8-,9-,10-,11-,12+,15+,16+/m0/s1. The number of aliphatic carboxylic acids is 2. The Balaban J connectivity index is 5.43. The predicted molar refractivity (Wildman–Crippen MR) is 124 cm³/mol. The second-order valence-electron chi connectivity index (χ2n) is 7.66. The highest BCUT2D eigenvalue weighted by molar-refractivity contribution is 7.98. The van der Waals surface area contributed by atoms with Crippen LogP contribution in [0, 0.1) is 0 Å². The summed E-state index contributed by atoms with van der Waals surface area (Å²) < 4.78 is 0. The minimum atomic E-state index is -1.96. The molecule has 36 heavy (non-hydrogen) atoms. The average molecular weight is 543 g/mol. The van der Waals surface area contributed by atoms with Crippen LogP contribution in [0.3, 0.4) is 0 Å². The number of thioether (sulfide) groups is 1. The van der Waals surface area contributed by atoms with Crippen LogP contribution in [0.1, 0.15) is 12.8 Å². The van der Waals surface area contributed by atoms with Gasteiger partial charge in [-0.25, -0.2) is 4.79 Å². The molecule has 0 aliphatic heterocycles. The van der Waals surface area contributed by atoms with E-state index in [-0.39, 0.29) is 5.75 Å². The van der Waals surface area contributed by atoms with Gasteiger partial charge >= 0.3 is 11.9 Å². The number of carbonyl (C=O) groups excluding carboxylic acids is 3. The summed E-state index contributed by atoms with van der Waals surface area (Å²) in [5, 5.41) is 74.6. The van der Waals surface area contributed by atoms with Gasteiger partial charge in [0, 0.05) is 12.3 Å².